The van der Waals surface area contributed by atoms with Crippen molar-refractivity contribution in [2.24, 2.45) is 0 Å². The van der Waals surface area contributed by atoms with Crippen LogP contribution < -0.4 is 10.1 Å². The van der Waals surface area contributed by atoms with Crippen LogP contribution in [0.1, 0.15) is 33.3 Å². The molecule has 2 rings (SSSR count). The molecule has 0 aliphatic heterocycles. The van der Waals surface area contributed by atoms with Crippen LogP contribution in [-0.4, -0.2) is 24.6 Å². The van der Waals surface area contributed by atoms with Gasteiger partial charge >= 0.3 is 5.97 Å². The van der Waals surface area contributed by atoms with E-state index in [1.165, 1.54) is 6.92 Å². The molecular formula is C21H23F2NO4. The van der Waals surface area contributed by atoms with Crippen molar-refractivity contribution in [3.8, 4) is 5.75 Å². The summed E-state index contributed by atoms with van der Waals surface area (Å²) in [5, 5.41) is 2.25. The van der Waals surface area contributed by atoms with Crippen molar-refractivity contribution in [1.29, 1.82) is 0 Å². The largest absolute Gasteiger partial charge is 0.482 e. The van der Waals surface area contributed by atoms with Crippen molar-refractivity contribution < 1.29 is 27.8 Å². The van der Waals surface area contributed by atoms with E-state index in [9.17, 15) is 18.4 Å². The number of rotatable bonds is 6. The van der Waals surface area contributed by atoms with Gasteiger partial charge in [-0.25, -0.2) is 13.6 Å². The molecular weight excluding hydrogens is 368 g/mol. The van der Waals surface area contributed by atoms with Gasteiger partial charge in [0, 0.05) is 6.07 Å². The van der Waals surface area contributed by atoms with E-state index in [4.69, 9.17) is 9.47 Å². The molecule has 150 valence electrons. The Hall–Kier alpha value is -2.96. The van der Waals surface area contributed by atoms with Crippen LogP contribution in [0.5, 0.6) is 5.75 Å². The van der Waals surface area contributed by atoms with Crippen LogP contribution in [0.15, 0.2) is 42.5 Å². The van der Waals surface area contributed by atoms with Gasteiger partial charge in [-0.15, -0.1) is 0 Å². The summed E-state index contributed by atoms with van der Waals surface area (Å²) in [6.07, 6.45) is -1.18. The lowest BCUT2D eigenvalue weighted by Crippen LogP contribution is -2.32. The number of amides is 1. The maximum Gasteiger partial charge on any atom is 0.344 e. The Morgan fingerprint density at radius 3 is 2.43 bits per heavy atom. The second-order valence-corrected chi connectivity index (χ2v) is 7.28. The summed E-state index contributed by atoms with van der Waals surface area (Å²) >= 11 is 0. The number of para-hydroxylation sites is 1. The van der Waals surface area contributed by atoms with Crippen molar-refractivity contribution in [3.63, 3.8) is 0 Å². The maximum atomic E-state index is 13.6. The number of hydrogen-bond acceptors (Lipinski definition) is 4. The molecule has 5 nitrogen and oxygen atoms in total. The van der Waals surface area contributed by atoms with E-state index in [0.29, 0.717) is 11.8 Å². The first-order valence-electron chi connectivity index (χ1n) is 8.75. The van der Waals surface area contributed by atoms with Gasteiger partial charge in [-0.2, -0.15) is 0 Å². The van der Waals surface area contributed by atoms with Crippen LogP contribution in [0, 0.1) is 11.6 Å². The van der Waals surface area contributed by atoms with Gasteiger partial charge in [-0.05, 0) is 36.1 Å². The van der Waals surface area contributed by atoms with Gasteiger partial charge in [0.1, 0.15) is 17.4 Å². The van der Waals surface area contributed by atoms with Crippen LogP contribution in [0.3, 0.4) is 0 Å². The highest BCUT2D eigenvalue weighted by Crippen LogP contribution is 2.30. The van der Waals surface area contributed by atoms with E-state index in [0.717, 1.165) is 17.7 Å². The monoisotopic (exact) mass is 391 g/mol. The molecule has 0 aliphatic carbocycles. The second kappa shape index (κ2) is 8.82. The molecule has 0 saturated heterocycles. The molecule has 2 aromatic carbocycles. The third kappa shape index (κ3) is 5.77. The van der Waals surface area contributed by atoms with E-state index in [1.54, 1.807) is 12.1 Å². The number of carbonyl (C=O) groups is 2. The fraction of sp³-hybridized carbons (Fsp3) is 0.333. The summed E-state index contributed by atoms with van der Waals surface area (Å²) in [7, 11) is 0. The predicted octanol–water partition coefficient (Wildman–Crippen LogP) is 4.21. The Morgan fingerprint density at radius 2 is 1.79 bits per heavy atom. The Balaban J connectivity index is 1.91. The summed E-state index contributed by atoms with van der Waals surface area (Å²) < 4.78 is 37.1. The molecule has 0 aromatic heterocycles. The molecule has 1 amide bonds. The lowest BCUT2D eigenvalue weighted by Gasteiger charge is -2.22. The fourth-order valence-electron chi connectivity index (χ4n) is 2.46. The molecule has 0 aliphatic rings. The molecule has 0 heterocycles. The molecule has 7 heteroatoms. The summed E-state index contributed by atoms with van der Waals surface area (Å²) in [6.45, 7) is 7.03. The highest BCUT2D eigenvalue weighted by atomic mass is 19.1. The average Bonchev–Trinajstić information content (AvgIpc) is 2.61. The number of benzene rings is 2. The standard InChI is InChI=1S/C21H23F2NO4/c1-13(20(26)24-17-10-9-14(22)11-16(17)23)28-19(25)12-27-18-8-6-5-7-15(18)21(2,3)4/h5-11,13H,12H2,1-4H3,(H,24,26)/t13-/m0/s1. The van der Waals surface area contributed by atoms with E-state index in [1.807, 2.05) is 32.9 Å². The van der Waals surface area contributed by atoms with Crippen LogP contribution in [0.4, 0.5) is 14.5 Å². The van der Waals surface area contributed by atoms with Gasteiger partial charge < -0.3 is 14.8 Å². The SMILES string of the molecule is C[C@H](OC(=O)COc1ccccc1C(C)(C)C)C(=O)Nc1ccc(F)cc1F. The Kier molecular flexibility index (Phi) is 6.72. The van der Waals surface area contributed by atoms with Gasteiger partial charge in [0.15, 0.2) is 12.7 Å². The van der Waals surface area contributed by atoms with E-state index in [-0.39, 0.29) is 17.7 Å². The lowest BCUT2D eigenvalue weighted by molar-refractivity contribution is -0.155. The molecule has 1 atom stereocenters. The van der Waals surface area contributed by atoms with E-state index in [2.05, 4.69) is 5.32 Å². The minimum atomic E-state index is -1.18. The van der Waals surface area contributed by atoms with Crippen LogP contribution >= 0.6 is 0 Å². The van der Waals surface area contributed by atoms with Gasteiger partial charge in [0.05, 0.1) is 5.69 Å². The second-order valence-electron chi connectivity index (χ2n) is 7.28. The zero-order chi connectivity index (χ0) is 20.9. The van der Waals surface area contributed by atoms with Gasteiger partial charge in [0.25, 0.3) is 5.91 Å². The first-order valence-corrected chi connectivity index (χ1v) is 8.75. The van der Waals surface area contributed by atoms with Crippen molar-refractivity contribution in [2.75, 3.05) is 11.9 Å². The molecule has 0 saturated carbocycles. The molecule has 0 bridgehead atoms. The number of halogens is 2. The smallest absolute Gasteiger partial charge is 0.344 e. The lowest BCUT2D eigenvalue weighted by atomic mass is 9.86. The Bertz CT molecular complexity index is 862. The first-order chi connectivity index (χ1) is 13.1. The number of esters is 1. The highest BCUT2D eigenvalue weighted by molar-refractivity contribution is 5.95. The molecule has 0 spiro atoms. The first kappa shape index (κ1) is 21.3. The summed E-state index contributed by atoms with van der Waals surface area (Å²) in [5.41, 5.74) is 0.553. The van der Waals surface area contributed by atoms with Crippen molar-refractivity contribution in [2.45, 2.75) is 39.2 Å². The van der Waals surface area contributed by atoms with E-state index >= 15 is 0 Å². The zero-order valence-electron chi connectivity index (χ0n) is 16.2. The van der Waals surface area contributed by atoms with E-state index < -0.39 is 29.6 Å². The molecule has 28 heavy (non-hydrogen) atoms. The quantitative estimate of drug-likeness (QED) is 0.749. The fourth-order valence-corrected chi connectivity index (χ4v) is 2.46. The molecule has 2 aromatic rings. The Labute approximate surface area is 162 Å². The van der Waals surface area contributed by atoms with Gasteiger partial charge in [0.2, 0.25) is 0 Å². The minimum Gasteiger partial charge on any atom is -0.482 e. The molecule has 1 N–H and O–H groups in total. The number of nitrogens with one attached hydrogen (secondary N) is 1. The maximum absolute atomic E-state index is 13.6. The number of anilines is 1. The number of hydrogen-bond donors (Lipinski definition) is 1. The minimum absolute atomic E-state index is 0.174. The zero-order valence-corrected chi connectivity index (χ0v) is 16.2. The van der Waals surface area contributed by atoms with Crippen LogP contribution in [0.25, 0.3) is 0 Å². The number of carbonyl (C=O) groups excluding carboxylic acids is 2. The van der Waals surface area contributed by atoms with Crippen molar-refractivity contribution in [3.05, 3.63) is 59.7 Å². The summed E-state index contributed by atoms with van der Waals surface area (Å²) in [5.74, 6) is -2.62. The third-order valence-electron chi connectivity index (χ3n) is 3.91. The summed E-state index contributed by atoms with van der Waals surface area (Å²) in [6, 6.07) is 10.1. The molecule has 0 unspecified atom stereocenters. The van der Waals surface area contributed by atoms with Gasteiger partial charge in [-0.1, -0.05) is 39.0 Å². The van der Waals surface area contributed by atoms with Crippen molar-refractivity contribution in [1.82, 2.24) is 0 Å². The molecule has 0 fully saturated rings. The topological polar surface area (TPSA) is 64.6 Å². The predicted molar refractivity (Wildman–Crippen MR) is 101 cm³/mol. The van der Waals surface area contributed by atoms with Crippen LogP contribution in [0.2, 0.25) is 0 Å². The normalized spacial score (nSPS) is 12.2. The third-order valence-corrected chi connectivity index (χ3v) is 3.91. The summed E-state index contributed by atoms with van der Waals surface area (Å²) in [4.78, 5) is 24.1. The number of ether oxygens (including phenoxy) is 2. The van der Waals surface area contributed by atoms with Crippen molar-refractivity contribution >= 4 is 17.6 Å². The Morgan fingerprint density at radius 1 is 1.11 bits per heavy atom. The molecule has 0 radical (unpaired) electrons. The highest BCUT2D eigenvalue weighted by Gasteiger charge is 2.22. The average molecular weight is 391 g/mol. The van der Waals surface area contributed by atoms with Gasteiger partial charge in [-0.3, -0.25) is 4.79 Å². The van der Waals surface area contributed by atoms with Crippen LogP contribution in [-0.2, 0) is 19.7 Å².